The Labute approximate surface area is 135 Å². The molecule has 0 radical (unpaired) electrons. The highest BCUT2D eigenvalue weighted by molar-refractivity contribution is 7.80. The molecule has 1 heterocycles. The van der Waals surface area contributed by atoms with Crippen LogP contribution in [0.5, 0.6) is 5.75 Å². The number of benzene rings is 1. The minimum atomic E-state index is 0.258. The summed E-state index contributed by atoms with van der Waals surface area (Å²) in [5.74, 6) is 0.258. The molecule has 0 aliphatic carbocycles. The fourth-order valence-corrected chi connectivity index (χ4v) is 2.47. The van der Waals surface area contributed by atoms with Crippen molar-refractivity contribution >= 4 is 23.5 Å². The molecule has 0 spiro atoms. The molecule has 0 aliphatic rings. The van der Waals surface area contributed by atoms with Crippen molar-refractivity contribution in [1.29, 1.82) is 0 Å². The predicted molar refractivity (Wildman–Crippen MR) is 93.9 cm³/mol. The van der Waals surface area contributed by atoms with Crippen molar-refractivity contribution in [3.63, 3.8) is 0 Å². The molecule has 3 N–H and O–H groups in total. The molecule has 2 aromatic rings. The van der Waals surface area contributed by atoms with E-state index in [4.69, 9.17) is 12.2 Å². The molecule has 22 heavy (non-hydrogen) atoms. The Morgan fingerprint density at radius 2 is 2.00 bits per heavy atom. The Balaban J connectivity index is 2.22. The topological polar surface area (TPSA) is 61.6 Å². The van der Waals surface area contributed by atoms with Crippen LogP contribution in [0.15, 0.2) is 35.4 Å². The van der Waals surface area contributed by atoms with E-state index < -0.39 is 0 Å². The summed E-state index contributed by atoms with van der Waals surface area (Å²) < 4.78 is 2.11. The van der Waals surface area contributed by atoms with Crippen LogP contribution in [0.25, 0.3) is 5.69 Å². The maximum atomic E-state index is 9.40. The largest absolute Gasteiger partial charge is 0.508 e. The summed E-state index contributed by atoms with van der Waals surface area (Å²) >= 11 is 5.06. The van der Waals surface area contributed by atoms with Crippen molar-refractivity contribution in [3.8, 4) is 11.4 Å². The highest BCUT2D eigenvalue weighted by Crippen LogP contribution is 2.21. The first-order valence-corrected chi connectivity index (χ1v) is 7.49. The average molecular weight is 316 g/mol. The molecule has 1 aromatic carbocycles. The third-order valence-corrected chi connectivity index (χ3v) is 3.52. The monoisotopic (exact) mass is 316 g/mol. The van der Waals surface area contributed by atoms with Crippen molar-refractivity contribution in [2.75, 3.05) is 6.54 Å². The molecule has 1 aromatic heterocycles. The number of aromatic hydroxyl groups is 1. The van der Waals surface area contributed by atoms with Crippen molar-refractivity contribution in [2.24, 2.45) is 5.10 Å². The molecule has 6 heteroatoms. The summed E-state index contributed by atoms with van der Waals surface area (Å²) in [7, 11) is 0. The van der Waals surface area contributed by atoms with Crippen LogP contribution in [0.4, 0.5) is 0 Å². The lowest BCUT2D eigenvalue weighted by molar-refractivity contribution is 0.475. The van der Waals surface area contributed by atoms with Crippen molar-refractivity contribution < 1.29 is 5.11 Å². The number of phenolic OH excluding ortho intramolecular Hbond substituents is 1. The smallest absolute Gasteiger partial charge is 0.186 e. The lowest BCUT2D eigenvalue weighted by Crippen LogP contribution is -2.31. The molecule has 0 saturated heterocycles. The summed E-state index contributed by atoms with van der Waals surface area (Å²) in [4.78, 5) is 0. The van der Waals surface area contributed by atoms with E-state index in [9.17, 15) is 5.11 Å². The van der Waals surface area contributed by atoms with Crippen LogP contribution in [0.2, 0.25) is 0 Å². The Hall–Kier alpha value is -2.34. The van der Waals surface area contributed by atoms with Crippen molar-refractivity contribution in [3.05, 3.63) is 47.3 Å². The molecule has 0 bridgehead atoms. The van der Waals surface area contributed by atoms with Crippen molar-refractivity contribution in [1.82, 2.24) is 15.3 Å². The van der Waals surface area contributed by atoms with Gasteiger partial charge in [-0.15, -0.1) is 0 Å². The number of nitrogens with one attached hydrogen (secondary N) is 2. The van der Waals surface area contributed by atoms with Gasteiger partial charge in [0.2, 0.25) is 0 Å². The second kappa shape index (κ2) is 7.09. The fraction of sp³-hybridized carbons (Fsp3) is 0.250. The maximum Gasteiger partial charge on any atom is 0.186 e. The second-order valence-corrected chi connectivity index (χ2v) is 5.32. The Morgan fingerprint density at radius 3 is 2.64 bits per heavy atom. The van der Waals surface area contributed by atoms with Crippen LogP contribution in [-0.4, -0.2) is 27.5 Å². The first-order valence-electron chi connectivity index (χ1n) is 7.08. The Kier molecular flexibility index (Phi) is 5.16. The lowest BCUT2D eigenvalue weighted by atomic mass is 10.2. The van der Waals surface area contributed by atoms with E-state index in [0.29, 0.717) is 5.11 Å². The summed E-state index contributed by atoms with van der Waals surface area (Å²) in [6.07, 6.45) is 1.75. The highest BCUT2D eigenvalue weighted by Gasteiger charge is 2.09. The van der Waals surface area contributed by atoms with Gasteiger partial charge in [0.15, 0.2) is 5.11 Å². The lowest BCUT2D eigenvalue weighted by Gasteiger charge is -2.09. The normalized spacial score (nSPS) is 10.9. The van der Waals surface area contributed by atoms with Gasteiger partial charge >= 0.3 is 0 Å². The van der Waals surface area contributed by atoms with Crippen LogP contribution < -0.4 is 10.7 Å². The fourth-order valence-electron chi connectivity index (χ4n) is 2.28. The van der Waals surface area contributed by atoms with Gasteiger partial charge in [0, 0.05) is 29.2 Å². The van der Waals surface area contributed by atoms with Gasteiger partial charge in [-0.05, 0) is 63.3 Å². The molecule has 0 atom stereocenters. The number of thiocarbonyl (C=S) groups is 1. The standard InChI is InChI=1S/C16H20N4OS/c1-4-17-16(22)19-18-10-13-9-11(2)20(12(13)3)14-5-7-15(21)8-6-14/h5-10,21H,4H2,1-3H3,(H2,17,19,22). The SMILES string of the molecule is CCNC(=S)NN=Cc1cc(C)n(-c2ccc(O)cc2)c1C. The zero-order valence-corrected chi connectivity index (χ0v) is 13.7. The van der Waals surface area contributed by atoms with Gasteiger partial charge in [-0.2, -0.15) is 5.10 Å². The van der Waals surface area contributed by atoms with Gasteiger partial charge in [0.05, 0.1) is 6.21 Å². The summed E-state index contributed by atoms with van der Waals surface area (Å²) in [5, 5.41) is 17.0. The van der Waals surface area contributed by atoms with Gasteiger partial charge in [-0.25, -0.2) is 0 Å². The van der Waals surface area contributed by atoms with E-state index in [2.05, 4.69) is 26.5 Å². The van der Waals surface area contributed by atoms with Gasteiger partial charge in [-0.1, -0.05) is 0 Å². The minimum Gasteiger partial charge on any atom is -0.508 e. The number of hydrogen-bond acceptors (Lipinski definition) is 3. The van der Waals surface area contributed by atoms with Crippen LogP contribution in [0.1, 0.15) is 23.9 Å². The number of rotatable bonds is 4. The predicted octanol–water partition coefficient (Wildman–Crippen LogP) is 2.62. The van der Waals surface area contributed by atoms with E-state index in [1.165, 1.54) is 0 Å². The quantitative estimate of drug-likeness (QED) is 0.461. The van der Waals surface area contributed by atoms with Crippen LogP contribution >= 0.6 is 12.2 Å². The van der Waals surface area contributed by atoms with Crippen LogP contribution in [0.3, 0.4) is 0 Å². The van der Waals surface area contributed by atoms with E-state index in [-0.39, 0.29) is 5.75 Å². The molecule has 5 nitrogen and oxygen atoms in total. The van der Waals surface area contributed by atoms with E-state index >= 15 is 0 Å². The number of aryl methyl sites for hydroxylation is 1. The average Bonchev–Trinajstić information content (AvgIpc) is 2.75. The van der Waals surface area contributed by atoms with Crippen molar-refractivity contribution in [2.45, 2.75) is 20.8 Å². The summed E-state index contributed by atoms with van der Waals surface area (Å²) in [6, 6.07) is 9.18. The summed E-state index contributed by atoms with van der Waals surface area (Å²) in [5.41, 5.74) is 6.97. The molecule has 0 aliphatic heterocycles. The van der Waals surface area contributed by atoms with E-state index in [1.807, 2.05) is 32.9 Å². The molecular weight excluding hydrogens is 296 g/mol. The summed E-state index contributed by atoms with van der Waals surface area (Å²) in [6.45, 7) is 6.80. The molecule has 0 fully saturated rings. The molecule has 0 saturated carbocycles. The van der Waals surface area contributed by atoms with Gasteiger partial charge in [-0.3, -0.25) is 5.43 Å². The number of nitrogens with zero attached hydrogens (tertiary/aromatic N) is 2. The number of aromatic nitrogens is 1. The Morgan fingerprint density at radius 1 is 1.32 bits per heavy atom. The van der Waals surface area contributed by atoms with Crippen LogP contribution in [0, 0.1) is 13.8 Å². The van der Waals surface area contributed by atoms with Gasteiger partial charge in [0.25, 0.3) is 0 Å². The molecular formula is C16H20N4OS. The molecule has 0 unspecified atom stereocenters. The zero-order chi connectivity index (χ0) is 16.1. The van der Waals surface area contributed by atoms with Crippen LogP contribution in [-0.2, 0) is 0 Å². The number of hydrazone groups is 1. The van der Waals surface area contributed by atoms with Gasteiger partial charge < -0.3 is 15.0 Å². The first kappa shape index (κ1) is 16.0. The number of hydrogen-bond donors (Lipinski definition) is 3. The molecule has 0 amide bonds. The highest BCUT2D eigenvalue weighted by atomic mass is 32.1. The molecule has 116 valence electrons. The van der Waals surface area contributed by atoms with Gasteiger partial charge in [0.1, 0.15) is 5.75 Å². The van der Waals surface area contributed by atoms with E-state index in [0.717, 1.165) is 29.2 Å². The second-order valence-electron chi connectivity index (χ2n) is 4.91. The van der Waals surface area contributed by atoms with E-state index in [1.54, 1.807) is 18.3 Å². The molecule has 2 rings (SSSR count). The third kappa shape index (κ3) is 3.65. The Bertz CT molecular complexity index is 689. The minimum absolute atomic E-state index is 0.258. The zero-order valence-electron chi connectivity index (χ0n) is 12.9. The number of phenols is 1. The first-order chi connectivity index (χ1) is 10.5. The third-order valence-electron chi connectivity index (χ3n) is 3.29. The maximum absolute atomic E-state index is 9.40.